The molecule has 1 aliphatic heterocycles. The van der Waals surface area contributed by atoms with E-state index in [1.165, 1.54) is 15.6 Å². The van der Waals surface area contributed by atoms with Crippen LogP contribution in [0, 0.1) is 5.92 Å². The molecule has 22 heavy (non-hydrogen) atoms. The van der Waals surface area contributed by atoms with Gasteiger partial charge in [0.25, 0.3) is 0 Å². The maximum Gasteiger partial charge on any atom is 0.222 e. The largest absolute Gasteiger partial charge is 0.342 e. The monoisotopic (exact) mass is 316 g/mol. The summed E-state index contributed by atoms with van der Waals surface area (Å²) in [7, 11) is 0. The first-order chi connectivity index (χ1) is 10.7. The highest BCUT2D eigenvalue weighted by molar-refractivity contribution is 7.17. The molecule has 3 nitrogen and oxygen atoms in total. The van der Waals surface area contributed by atoms with E-state index in [1.54, 1.807) is 0 Å². The summed E-state index contributed by atoms with van der Waals surface area (Å²) in [6.07, 6.45) is 1.67. The van der Waals surface area contributed by atoms with Gasteiger partial charge in [-0.1, -0.05) is 32.0 Å². The highest BCUT2D eigenvalue weighted by Crippen LogP contribution is 2.26. The number of likely N-dealkylation sites (tertiary alicyclic amines) is 1. The predicted octanol–water partition coefficient (Wildman–Crippen LogP) is 3.64. The summed E-state index contributed by atoms with van der Waals surface area (Å²) >= 11 is 1.82. The van der Waals surface area contributed by atoms with Crippen LogP contribution in [0.1, 0.15) is 32.3 Å². The van der Waals surface area contributed by atoms with E-state index in [4.69, 9.17) is 0 Å². The minimum Gasteiger partial charge on any atom is -0.342 e. The van der Waals surface area contributed by atoms with Crippen molar-refractivity contribution in [1.82, 2.24) is 10.2 Å². The van der Waals surface area contributed by atoms with Gasteiger partial charge in [0.2, 0.25) is 5.91 Å². The highest BCUT2D eigenvalue weighted by atomic mass is 32.1. The van der Waals surface area contributed by atoms with Crippen molar-refractivity contribution in [3.8, 4) is 0 Å². The Labute approximate surface area is 136 Å². The Morgan fingerprint density at radius 1 is 1.41 bits per heavy atom. The van der Waals surface area contributed by atoms with Crippen molar-refractivity contribution in [2.24, 2.45) is 5.92 Å². The second-order valence-electron chi connectivity index (χ2n) is 6.20. The molecule has 0 bridgehead atoms. The maximum absolute atomic E-state index is 11.8. The van der Waals surface area contributed by atoms with Gasteiger partial charge >= 0.3 is 0 Å². The molecule has 1 fully saturated rings. The Morgan fingerprint density at radius 2 is 2.23 bits per heavy atom. The van der Waals surface area contributed by atoms with E-state index in [2.05, 4.69) is 41.9 Å². The minimum atomic E-state index is 0.286. The third-order valence-corrected chi connectivity index (χ3v) is 5.69. The molecule has 2 heterocycles. The van der Waals surface area contributed by atoms with Crippen molar-refractivity contribution < 1.29 is 4.79 Å². The van der Waals surface area contributed by atoms with Crippen LogP contribution in [-0.4, -0.2) is 29.9 Å². The van der Waals surface area contributed by atoms with E-state index < -0.39 is 0 Å². The third-order valence-electron chi connectivity index (χ3n) is 4.68. The van der Waals surface area contributed by atoms with Gasteiger partial charge in [-0.2, -0.15) is 0 Å². The van der Waals surface area contributed by atoms with Gasteiger partial charge in [0.15, 0.2) is 0 Å². The molecule has 118 valence electrons. The van der Waals surface area contributed by atoms with E-state index in [0.29, 0.717) is 18.4 Å². The quantitative estimate of drug-likeness (QED) is 0.934. The van der Waals surface area contributed by atoms with Crippen molar-refractivity contribution in [3.05, 3.63) is 35.2 Å². The lowest BCUT2D eigenvalue weighted by atomic mass is 9.93. The molecule has 0 spiro atoms. The van der Waals surface area contributed by atoms with Gasteiger partial charge in [-0.05, 0) is 34.7 Å². The third kappa shape index (κ3) is 3.18. The number of thiophene rings is 1. The zero-order valence-corrected chi connectivity index (χ0v) is 14.2. The number of fused-ring (bicyclic) bond motifs is 1. The van der Waals surface area contributed by atoms with E-state index in [-0.39, 0.29) is 5.91 Å². The molecule has 1 aromatic carbocycles. The van der Waals surface area contributed by atoms with E-state index in [1.807, 2.05) is 23.2 Å². The topological polar surface area (TPSA) is 32.3 Å². The molecule has 1 aliphatic rings. The maximum atomic E-state index is 11.8. The molecule has 3 rings (SSSR count). The molecule has 1 amide bonds. The summed E-state index contributed by atoms with van der Waals surface area (Å²) in [5.74, 6) is 0.795. The zero-order chi connectivity index (χ0) is 15.5. The SMILES string of the molecule is CCC(=O)N1CC[C@H](NCc2csc3ccccc23)[C@H](C)C1. The van der Waals surface area contributed by atoms with Gasteiger partial charge in [-0.15, -0.1) is 11.3 Å². The Kier molecular flexibility index (Phi) is 4.79. The highest BCUT2D eigenvalue weighted by Gasteiger charge is 2.27. The number of hydrogen-bond acceptors (Lipinski definition) is 3. The summed E-state index contributed by atoms with van der Waals surface area (Å²) in [5.41, 5.74) is 1.39. The summed E-state index contributed by atoms with van der Waals surface area (Å²) in [6.45, 7) is 6.88. The molecule has 0 saturated carbocycles. The summed E-state index contributed by atoms with van der Waals surface area (Å²) in [5, 5.41) is 7.34. The number of rotatable bonds is 4. The molecule has 1 saturated heterocycles. The first-order valence-corrected chi connectivity index (χ1v) is 9.03. The predicted molar refractivity (Wildman–Crippen MR) is 93.1 cm³/mol. The van der Waals surface area contributed by atoms with Crippen LogP contribution in [0.25, 0.3) is 10.1 Å². The second kappa shape index (κ2) is 6.80. The summed E-state index contributed by atoms with van der Waals surface area (Å²) < 4.78 is 1.36. The van der Waals surface area contributed by atoms with Crippen LogP contribution in [-0.2, 0) is 11.3 Å². The van der Waals surface area contributed by atoms with Crippen LogP contribution in [0.2, 0.25) is 0 Å². The van der Waals surface area contributed by atoms with Crippen molar-refractivity contribution in [3.63, 3.8) is 0 Å². The first kappa shape index (κ1) is 15.5. The van der Waals surface area contributed by atoms with Crippen LogP contribution < -0.4 is 5.32 Å². The molecule has 2 atom stereocenters. The van der Waals surface area contributed by atoms with E-state index in [0.717, 1.165) is 26.1 Å². The molecular weight excluding hydrogens is 292 g/mol. The fraction of sp³-hybridized carbons (Fsp3) is 0.500. The number of piperidine rings is 1. The van der Waals surface area contributed by atoms with E-state index >= 15 is 0 Å². The molecule has 4 heteroatoms. The van der Waals surface area contributed by atoms with Crippen molar-refractivity contribution in [2.75, 3.05) is 13.1 Å². The number of benzene rings is 1. The van der Waals surface area contributed by atoms with Gasteiger partial charge in [-0.25, -0.2) is 0 Å². The Bertz CT molecular complexity index is 651. The lowest BCUT2D eigenvalue weighted by Gasteiger charge is -2.37. The Balaban J connectivity index is 1.59. The van der Waals surface area contributed by atoms with Gasteiger partial charge in [0.05, 0.1) is 0 Å². The molecule has 0 unspecified atom stereocenters. The molecule has 2 aromatic rings. The molecular formula is C18H24N2OS. The molecule has 0 radical (unpaired) electrons. The van der Waals surface area contributed by atoms with Crippen molar-refractivity contribution in [2.45, 2.75) is 39.3 Å². The van der Waals surface area contributed by atoms with Crippen LogP contribution in [0.3, 0.4) is 0 Å². The van der Waals surface area contributed by atoms with Crippen LogP contribution in [0.5, 0.6) is 0 Å². The van der Waals surface area contributed by atoms with Crippen LogP contribution >= 0.6 is 11.3 Å². The average Bonchev–Trinajstić information content (AvgIpc) is 2.96. The van der Waals surface area contributed by atoms with Crippen molar-refractivity contribution in [1.29, 1.82) is 0 Å². The fourth-order valence-electron chi connectivity index (χ4n) is 3.31. The standard InChI is InChI=1S/C18H24N2OS/c1-3-18(21)20-9-8-16(13(2)11-20)19-10-14-12-22-17-7-5-4-6-15(14)17/h4-7,12-13,16,19H,3,8-11H2,1-2H3/t13-,16+/m1/s1. The second-order valence-corrected chi connectivity index (χ2v) is 7.11. The normalized spacial score (nSPS) is 22.2. The van der Waals surface area contributed by atoms with Gasteiger partial charge in [0.1, 0.15) is 0 Å². The fourth-order valence-corrected chi connectivity index (χ4v) is 4.27. The molecule has 1 N–H and O–H groups in total. The minimum absolute atomic E-state index is 0.286. The first-order valence-electron chi connectivity index (χ1n) is 8.15. The molecule has 0 aliphatic carbocycles. The van der Waals surface area contributed by atoms with Gasteiger partial charge < -0.3 is 10.2 Å². The van der Waals surface area contributed by atoms with Gasteiger partial charge in [0, 0.05) is 36.8 Å². The zero-order valence-electron chi connectivity index (χ0n) is 13.3. The van der Waals surface area contributed by atoms with Crippen molar-refractivity contribution >= 4 is 27.3 Å². The summed E-state index contributed by atoms with van der Waals surface area (Å²) in [4.78, 5) is 13.8. The number of hydrogen-bond donors (Lipinski definition) is 1. The Hall–Kier alpha value is -1.39. The molecule has 1 aromatic heterocycles. The van der Waals surface area contributed by atoms with Crippen LogP contribution in [0.4, 0.5) is 0 Å². The number of nitrogens with zero attached hydrogens (tertiary/aromatic N) is 1. The number of amides is 1. The van der Waals surface area contributed by atoms with Crippen LogP contribution in [0.15, 0.2) is 29.6 Å². The number of carbonyl (C=O) groups excluding carboxylic acids is 1. The lowest BCUT2D eigenvalue weighted by Crippen LogP contribution is -2.49. The number of carbonyl (C=O) groups is 1. The average molecular weight is 316 g/mol. The Morgan fingerprint density at radius 3 is 3.00 bits per heavy atom. The summed E-state index contributed by atoms with van der Waals surface area (Å²) in [6, 6.07) is 9.09. The van der Waals surface area contributed by atoms with E-state index in [9.17, 15) is 4.79 Å². The van der Waals surface area contributed by atoms with Gasteiger partial charge in [-0.3, -0.25) is 4.79 Å². The lowest BCUT2D eigenvalue weighted by molar-refractivity contribution is -0.132. The smallest absolute Gasteiger partial charge is 0.222 e. The number of nitrogens with one attached hydrogen (secondary N) is 1.